The molecule has 0 aliphatic carbocycles. The summed E-state index contributed by atoms with van der Waals surface area (Å²) in [5.74, 6) is -0.0790. The van der Waals surface area contributed by atoms with E-state index in [0.29, 0.717) is 31.5 Å². The Labute approximate surface area is 169 Å². The molecule has 2 amide bonds. The summed E-state index contributed by atoms with van der Waals surface area (Å²) in [7, 11) is 0. The van der Waals surface area contributed by atoms with E-state index in [4.69, 9.17) is 4.74 Å². The molecular weight excluding hydrogens is 374 g/mol. The van der Waals surface area contributed by atoms with Crippen molar-refractivity contribution in [2.45, 2.75) is 25.9 Å². The SMILES string of the molecule is O=C(CCCNC(=O)c1ccsc1)NCc1ccccc1CN1CCOCC1. The van der Waals surface area contributed by atoms with Crippen LogP contribution in [0.25, 0.3) is 0 Å². The lowest BCUT2D eigenvalue weighted by Crippen LogP contribution is -2.36. The first-order chi connectivity index (χ1) is 13.7. The molecule has 0 atom stereocenters. The molecule has 0 spiro atoms. The highest BCUT2D eigenvalue weighted by molar-refractivity contribution is 7.08. The predicted molar refractivity (Wildman–Crippen MR) is 110 cm³/mol. The Bertz CT molecular complexity index is 758. The maximum atomic E-state index is 12.1. The van der Waals surface area contributed by atoms with Crippen molar-refractivity contribution >= 4 is 23.2 Å². The van der Waals surface area contributed by atoms with Crippen molar-refractivity contribution in [3.05, 3.63) is 57.8 Å². The third-order valence-electron chi connectivity index (χ3n) is 4.74. The molecule has 28 heavy (non-hydrogen) atoms. The summed E-state index contributed by atoms with van der Waals surface area (Å²) < 4.78 is 5.40. The van der Waals surface area contributed by atoms with Crippen molar-refractivity contribution < 1.29 is 14.3 Å². The minimum atomic E-state index is -0.0845. The topological polar surface area (TPSA) is 70.7 Å². The van der Waals surface area contributed by atoms with Crippen molar-refractivity contribution in [1.29, 1.82) is 0 Å². The molecule has 1 fully saturated rings. The van der Waals surface area contributed by atoms with Gasteiger partial charge in [-0.2, -0.15) is 11.3 Å². The molecule has 7 heteroatoms. The van der Waals surface area contributed by atoms with Crippen molar-refractivity contribution in [3.63, 3.8) is 0 Å². The minimum Gasteiger partial charge on any atom is -0.379 e. The molecule has 1 aromatic carbocycles. The van der Waals surface area contributed by atoms with E-state index in [2.05, 4.69) is 27.7 Å². The largest absolute Gasteiger partial charge is 0.379 e. The van der Waals surface area contributed by atoms with Crippen LogP contribution in [0.4, 0.5) is 0 Å². The first-order valence-corrected chi connectivity index (χ1v) is 10.6. The minimum absolute atomic E-state index is 0.00552. The van der Waals surface area contributed by atoms with Crippen molar-refractivity contribution in [2.24, 2.45) is 0 Å². The molecule has 0 bridgehead atoms. The van der Waals surface area contributed by atoms with Gasteiger partial charge in [0.15, 0.2) is 0 Å². The number of nitrogens with zero attached hydrogens (tertiary/aromatic N) is 1. The number of hydrogen-bond acceptors (Lipinski definition) is 5. The molecule has 0 unspecified atom stereocenters. The summed E-state index contributed by atoms with van der Waals surface area (Å²) in [6, 6.07) is 10.0. The van der Waals surface area contributed by atoms with Gasteiger partial charge in [-0.05, 0) is 29.0 Å². The van der Waals surface area contributed by atoms with Crippen LogP contribution >= 0.6 is 11.3 Å². The third kappa shape index (κ3) is 6.44. The summed E-state index contributed by atoms with van der Waals surface area (Å²) in [5, 5.41) is 9.53. The van der Waals surface area contributed by atoms with Crippen LogP contribution in [0.1, 0.15) is 34.3 Å². The highest BCUT2D eigenvalue weighted by Crippen LogP contribution is 2.13. The number of carbonyl (C=O) groups excluding carboxylic acids is 2. The molecule has 2 N–H and O–H groups in total. The molecule has 1 aromatic heterocycles. The number of carbonyl (C=O) groups is 2. The van der Waals surface area contributed by atoms with Crippen LogP contribution in [0.2, 0.25) is 0 Å². The van der Waals surface area contributed by atoms with Gasteiger partial charge in [0.1, 0.15) is 0 Å². The lowest BCUT2D eigenvalue weighted by atomic mass is 10.1. The second kappa shape index (κ2) is 10.9. The van der Waals surface area contributed by atoms with Crippen LogP contribution in [0, 0.1) is 0 Å². The molecule has 1 aliphatic heterocycles. The molecule has 6 nitrogen and oxygen atoms in total. The number of hydrogen-bond donors (Lipinski definition) is 2. The number of benzene rings is 1. The monoisotopic (exact) mass is 401 g/mol. The van der Waals surface area contributed by atoms with E-state index in [-0.39, 0.29) is 11.8 Å². The zero-order valence-electron chi connectivity index (χ0n) is 16.0. The van der Waals surface area contributed by atoms with Gasteiger partial charge in [-0.15, -0.1) is 0 Å². The van der Waals surface area contributed by atoms with E-state index in [0.717, 1.165) is 38.4 Å². The highest BCUT2D eigenvalue weighted by Gasteiger charge is 2.13. The maximum Gasteiger partial charge on any atom is 0.252 e. The maximum absolute atomic E-state index is 12.1. The molecule has 1 aliphatic rings. The normalized spacial score (nSPS) is 14.6. The van der Waals surface area contributed by atoms with Gasteiger partial charge < -0.3 is 15.4 Å². The molecule has 0 saturated carbocycles. The second-order valence-corrected chi connectivity index (χ2v) is 7.59. The van der Waals surface area contributed by atoms with Gasteiger partial charge >= 0.3 is 0 Å². The summed E-state index contributed by atoms with van der Waals surface area (Å²) >= 11 is 1.49. The summed E-state index contributed by atoms with van der Waals surface area (Å²) in [4.78, 5) is 26.4. The number of thiophene rings is 1. The van der Waals surface area contributed by atoms with Crippen molar-refractivity contribution in [3.8, 4) is 0 Å². The van der Waals surface area contributed by atoms with E-state index < -0.39 is 0 Å². The van der Waals surface area contributed by atoms with Crippen LogP contribution in [0.15, 0.2) is 41.1 Å². The lowest BCUT2D eigenvalue weighted by Gasteiger charge is -2.27. The van der Waals surface area contributed by atoms with E-state index in [1.165, 1.54) is 16.9 Å². The molecular formula is C21H27N3O3S. The van der Waals surface area contributed by atoms with Gasteiger partial charge in [0.2, 0.25) is 5.91 Å². The standard InChI is InChI=1S/C21H27N3O3S/c25-20(6-3-8-22-21(26)19-7-13-28-16-19)23-14-17-4-1-2-5-18(17)15-24-9-11-27-12-10-24/h1-2,4-5,7,13,16H,3,6,8-12,14-15H2,(H,22,26)(H,23,25). The molecule has 2 aromatic rings. The first-order valence-electron chi connectivity index (χ1n) is 9.66. The Kier molecular flexibility index (Phi) is 8.02. The van der Waals surface area contributed by atoms with Crippen molar-refractivity contribution in [2.75, 3.05) is 32.8 Å². The highest BCUT2D eigenvalue weighted by atomic mass is 32.1. The number of amides is 2. The smallest absolute Gasteiger partial charge is 0.252 e. The van der Waals surface area contributed by atoms with Crippen LogP contribution in [0.5, 0.6) is 0 Å². The average molecular weight is 402 g/mol. The van der Waals surface area contributed by atoms with E-state index >= 15 is 0 Å². The number of morpholine rings is 1. The molecule has 3 rings (SSSR count). The van der Waals surface area contributed by atoms with Crippen LogP contribution < -0.4 is 10.6 Å². The summed E-state index contributed by atoms with van der Waals surface area (Å²) in [6.07, 6.45) is 1.02. The van der Waals surface area contributed by atoms with Gasteiger partial charge in [-0.1, -0.05) is 24.3 Å². The number of rotatable bonds is 9. The molecule has 2 heterocycles. The molecule has 0 radical (unpaired) electrons. The van der Waals surface area contributed by atoms with Gasteiger partial charge in [0, 0.05) is 50.1 Å². The van der Waals surface area contributed by atoms with E-state index in [1.54, 1.807) is 6.07 Å². The Balaban J connectivity index is 1.37. The fraction of sp³-hybridized carbons (Fsp3) is 0.429. The molecule has 1 saturated heterocycles. The molecule has 150 valence electrons. The quantitative estimate of drug-likeness (QED) is 0.633. The summed E-state index contributed by atoms with van der Waals surface area (Å²) in [5.41, 5.74) is 3.06. The number of ether oxygens (including phenoxy) is 1. The average Bonchev–Trinajstić information content (AvgIpc) is 3.26. The van der Waals surface area contributed by atoms with Gasteiger partial charge in [0.05, 0.1) is 13.2 Å². The Hall–Kier alpha value is -2.22. The van der Waals surface area contributed by atoms with Crippen LogP contribution in [-0.4, -0.2) is 49.6 Å². The fourth-order valence-corrected chi connectivity index (χ4v) is 3.75. The Morgan fingerprint density at radius 3 is 2.61 bits per heavy atom. The van der Waals surface area contributed by atoms with Crippen molar-refractivity contribution in [1.82, 2.24) is 15.5 Å². The van der Waals surface area contributed by atoms with E-state index in [1.807, 2.05) is 22.9 Å². The van der Waals surface area contributed by atoms with Gasteiger partial charge in [-0.25, -0.2) is 0 Å². The number of nitrogens with one attached hydrogen (secondary N) is 2. The van der Waals surface area contributed by atoms with E-state index in [9.17, 15) is 9.59 Å². The third-order valence-corrected chi connectivity index (χ3v) is 5.42. The predicted octanol–water partition coefficient (Wildman–Crippen LogP) is 2.41. The Morgan fingerprint density at radius 1 is 1.07 bits per heavy atom. The Morgan fingerprint density at radius 2 is 1.86 bits per heavy atom. The first kappa shape index (κ1) is 20.5. The zero-order valence-corrected chi connectivity index (χ0v) is 16.8. The van der Waals surface area contributed by atoms with Crippen LogP contribution in [-0.2, 0) is 22.6 Å². The fourth-order valence-electron chi connectivity index (χ4n) is 3.11. The second-order valence-electron chi connectivity index (χ2n) is 6.81. The van der Waals surface area contributed by atoms with Gasteiger partial charge in [-0.3, -0.25) is 14.5 Å². The van der Waals surface area contributed by atoms with Crippen LogP contribution in [0.3, 0.4) is 0 Å². The zero-order chi connectivity index (χ0) is 19.6. The lowest BCUT2D eigenvalue weighted by molar-refractivity contribution is -0.121. The van der Waals surface area contributed by atoms with Gasteiger partial charge in [0.25, 0.3) is 5.91 Å². The summed E-state index contributed by atoms with van der Waals surface area (Å²) in [6.45, 7) is 5.35.